The first-order valence-electron chi connectivity index (χ1n) is 9.17. The first-order valence-corrected chi connectivity index (χ1v) is 11.0. The number of ether oxygens (including phenoxy) is 1. The molecule has 2 aromatic carbocycles. The van der Waals surface area contributed by atoms with E-state index in [2.05, 4.69) is 23.2 Å². The van der Waals surface area contributed by atoms with Gasteiger partial charge in [0.1, 0.15) is 18.1 Å². The fourth-order valence-corrected chi connectivity index (χ4v) is 5.13. The number of carbonyl (C=O) groups excluding carboxylic acids is 2. The highest BCUT2D eigenvalue weighted by atomic mass is 32.2. The molecule has 7 heteroatoms. The second-order valence-electron chi connectivity index (χ2n) is 6.60. The van der Waals surface area contributed by atoms with E-state index >= 15 is 0 Å². The van der Waals surface area contributed by atoms with Gasteiger partial charge in [-0.2, -0.15) is 0 Å². The van der Waals surface area contributed by atoms with E-state index in [1.807, 2.05) is 29.2 Å². The summed E-state index contributed by atoms with van der Waals surface area (Å²) in [4.78, 5) is 29.1. The Balaban J connectivity index is 1.32. The second-order valence-corrected chi connectivity index (χ2v) is 8.80. The number of thioether (sulfide) groups is 1. The number of hydrogen-bond donors (Lipinski definition) is 0. The average molecular weight is 413 g/mol. The van der Waals surface area contributed by atoms with E-state index in [0.717, 1.165) is 33.9 Å². The molecule has 0 unspecified atom stereocenters. The molecule has 0 N–H and O–H groups in total. The number of hydrogen-bond acceptors (Lipinski definition) is 6. The molecular formula is C21H20N2O3S2. The predicted octanol–water partition coefficient (Wildman–Crippen LogP) is 4.27. The molecule has 0 radical (unpaired) electrons. The monoisotopic (exact) mass is 412 g/mol. The SMILES string of the molecule is O=Cc1csc(SCCN2C(=O)CC[C@@H]2COc2ccc3ccccc3c2)n1. The number of carbonyl (C=O) groups is 2. The summed E-state index contributed by atoms with van der Waals surface area (Å²) in [6, 6.07) is 14.4. The van der Waals surface area contributed by atoms with E-state index < -0.39 is 0 Å². The van der Waals surface area contributed by atoms with E-state index in [4.69, 9.17) is 4.74 Å². The predicted molar refractivity (Wildman–Crippen MR) is 112 cm³/mol. The standard InChI is InChI=1S/C21H20N2O3S2/c24-12-17-14-28-21(22-17)27-10-9-23-18(6-8-20(23)25)13-26-19-7-5-15-3-1-2-4-16(15)11-19/h1-5,7,11-12,14,18H,6,8-10,13H2/t18-/m1/s1. The van der Waals surface area contributed by atoms with Crippen molar-refractivity contribution in [2.24, 2.45) is 0 Å². The maximum absolute atomic E-state index is 12.3. The third kappa shape index (κ3) is 4.36. The second kappa shape index (κ2) is 8.75. The van der Waals surface area contributed by atoms with Gasteiger partial charge in [0.2, 0.25) is 5.91 Å². The first kappa shape index (κ1) is 19.0. The van der Waals surface area contributed by atoms with Crippen LogP contribution in [0.1, 0.15) is 23.3 Å². The molecule has 1 fully saturated rings. The maximum atomic E-state index is 12.3. The molecule has 0 aliphatic carbocycles. The van der Waals surface area contributed by atoms with Gasteiger partial charge in [-0.05, 0) is 29.3 Å². The third-order valence-corrected chi connectivity index (χ3v) is 6.81. The highest BCUT2D eigenvalue weighted by molar-refractivity contribution is 8.01. The van der Waals surface area contributed by atoms with E-state index in [0.29, 0.717) is 25.3 Å². The Kier molecular flexibility index (Phi) is 5.92. The fourth-order valence-electron chi connectivity index (χ4n) is 3.34. The van der Waals surface area contributed by atoms with E-state index in [9.17, 15) is 9.59 Å². The van der Waals surface area contributed by atoms with Gasteiger partial charge in [-0.3, -0.25) is 9.59 Å². The van der Waals surface area contributed by atoms with Gasteiger partial charge >= 0.3 is 0 Å². The molecule has 5 nitrogen and oxygen atoms in total. The number of nitrogens with zero attached hydrogens (tertiary/aromatic N) is 2. The molecule has 144 valence electrons. The van der Waals surface area contributed by atoms with Crippen molar-refractivity contribution in [3.63, 3.8) is 0 Å². The van der Waals surface area contributed by atoms with Crippen LogP contribution in [0, 0.1) is 0 Å². The molecule has 1 amide bonds. The fraction of sp³-hybridized carbons (Fsp3) is 0.286. The normalized spacial score (nSPS) is 16.6. The van der Waals surface area contributed by atoms with Crippen LogP contribution in [-0.4, -0.2) is 47.0 Å². The summed E-state index contributed by atoms with van der Waals surface area (Å²) in [6.45, 7) is 1.16. The molecule has 1 aromatic heterocycles. The number of aromatic nitrogens is 1. The van der Waals surface area contributed by atoms with Gasteiger partial charge in [0.05, 0.1) is 6.04 Å². The first-order chi connectivity index (χ1) is 13.7. The van der Waals surface area contributed by atoms with Gasteiger partial charge in [0.15, 0.2) is 10.6 Å². The average Bonchev–Trinajstić information content (AvgIpc) is 3.33. The summed E-state index contributed by atoms with van der Waals surface area (Å²) in [5.41, 5.74) is 0.464. The Morgan fingerprint density at radius 3 is 2.93 bits per heavy atom. The van der Waals surface area contributed by atoms with Gasteiger partial charge in [-0.25, -0.2) is 4.98 Å². The molecule has 0 saturated carbocycles. The van der Waals surface area contributed by atoms with Crippen LogP contribution in [0.4, 0.5) is 0 Å². The van der Waals surface area contributed by atoms with E-state index in [1.54, 1.807) is 17.1 Å². The van der Waals surface area contributed by atoms with Crippen LogP contribution in [0.25, 0.3) is 10.8 Å². The lowest BCUT2D eigenvalue weighted by Crippen LogP contribution is -2.38. The number of rotatable bonds is 8. The topological polar surface area (TPSA) is 59.5 Å². The zero-order valence-corrected chi connectivity index (χ0v) is 16.9. The van der Waals surface area contributed by atoms with E-state index in [1.165, 1.54) is 16.7 Å². The van der Waals surface area contributed by atoms with Crippen LogP contribution in [0.3, 0.4) is 0 Å². The zero-order chi connectivity index (χ0) is 19.3. The van der Waals surface area contributed by atoms with Crippen LogP contribution < -0.4 is 4.74 Å². The molecule has 2 heterocycles. The number of amides is 1. The van der Waals surface area contributed by atoms with Crippen LogP contribution in [0.5, 0.6) is 5.75 Å². The summed E-state index contributed by atoms with van der Waals surface area (Å²) < 4.78 is 6.87. The van der Waals surface area contributed by atoms with Crippen molar-refractivity contribution in [3.8, 4) is 5.75 Å². The van der Waals surface area contributed by atoms with Crippen molar-refractivity contribution in [2.45, 2.75) is 23.2 Å². The zero-order valence-electron chi connectivity index (χ0n) is 15.2. The minimum atomic E-state index is 0.0985. The molecule has 0 spiro atoms. The molecule has 0 bridgehead atoms. The highest BCUT2D eigenvalue weighted by Gasteiger charge is 2.31. The molecule has 1 atom stereocenters. The Morgan fingerprint density at radius 1 is 1.25 bits per heavy atom. The van der Waals surface area contributed by atoms with E-state index in [-0.39, 0.29) is 11.9 Å². The summed E-state index contributed by atoms with van der Waals surface area (Å²) in [5, 5.41) is 4.08. The van der Waals surface area contributed by atoms with Gasteiger partial charge < -0.3 is 9.64 Å². The number of aldehydes is 1. The minimum Gasteiger partial charge on any atom is -0.491 e. The lowest BCUT2D eigenvalue weighted by atomic mass is 10.1. The van der Waals surface area contributed by atoms with Crippen molar-refractivity contribution in [1.82, 2.24) is 9.88 Å². The molecule has 1 aliphatic heterocycles. The lowest BCUT2D eigenvalue weighted by molar-refractivity contribution is -0.129. The van der Waals surface area contributed by atoms with Crippen LogP contribution >= 0.6 is 23.1 Å². The van der Waals surface area contributed by atoms with Crippen molar-refractivity contribution in [1.29, 1.82) is 0 Å². The Labute approximate surface area is 171 Å². The quantitative estimate of drug-likeness (QED) is 0.408. The Bertz CT molecular complexity index is 988. The largest absolute Gasteiger partial charge is 0.491 e. The van der Waals surface area contributed by atoms with Crippen molar-refractivity contribution in [3.05, 3.63) is 53.5 Å². The molecule has 1 aliphatic rings. The molecular weight excluding hydrogens is 392 g/mol. The molecule has 4 rings (SSSR count). The van der Waals surface area contributed by atoms with Crippen molar-refractivity contribution in [2.75, 3.05) is 18.9 Å². The van der Waals surface area contributed by atoms with Crippen LogP contribution in [-0.2, 0) is 4.79 Å². The lowest BCUT2D eigenvalue weighted by Gasteiger charge is -2.24. The summed E-state index contributed by atoms with van der Waals surface area (Å²) in [5.74, 6) is 1.77. The smallest absolute Gasteiger partial charge is 0.223 e. The van der Waals surface area contributed by atoms with Crippen molar-refractivity contribution >= 4 is 46.1 Å². The Hall–Kier alpha value is -2.38. The van der Waals surface area contributed by atoms with Gasteiger partial charge in [-0.1, -0.05) is 42.1 Å². The molecule has 1 saturated heterocycles. The third-order valence-electron chi connectivity index (χ3n) is 4.80. The van der Waals surface area contributed by atoms with Crippen molar-refractivity contribution < 1.29 is 14.3 Å². The number of likely N-dealkylation sites (tertiary alicyclic amines) is 1. The number of thiazole rings is 1. The minimum absolute atomic E-state index is 0.0985. The number of fused-ring (bicyclic) bond motifs is 1. The summed E-state index contributed by atoms with van der Waals surface area (Å²) in [6.07, 6.45) is 2.15. The molecule has 28 heavy (non-hydrogen) atoms. The van der Waals surface area contributed by atoms with Crippen LogP contribution in [0.15, 0.2) is 52.2 Å². The summed E-state index contributed by atoms with van der Waals surface area (Å²) >= 11 is 3.04. The molecule has 3 aromatic rings. The Morgan fingerprint density at radius 2 is 2.11 bits per heavy atom. The maximum Gasteiger partial charge on any atom is 0.223 e. The van der Waals surface area contributed by atoms with Crippen LogP contribution in [0.2, 0.25) is 0 Å². The van der Waals surface area contributed by atoms with Gasteiger partial charge in [0, 0.05) is 24.1 Å². The van der Waals surface area contributed by atoms with Gasteiger partial charge in [-0.15, -0.1) is 11.3 Å². The van der Waals surface area contributed by atoms with Gasteiger partial charge in [0.25, 0.3) is 0 Å². The number of benzene rings is 2. The highest BCUT2D eigenvalue weighted by Crippen LogP contribution is 2.26. The summed E-state index contributed by atoms with van der Waals surface area (Å²) in [7, 11) is 0.